The van der Waals surface area contributed by atoms with Gasteiger partial charge in [0.05, 0.1) is 12.2 Å². The molecule has 2 aromatic carbocycles. The topological polar surface area (TPSA) is 91.9 Å². The number of ether oxygens (including phenoxy) is 1. The molecule has 26 heavy (non-hydrogen) atoms. The maximum Gasteiger partial charge on any atom is 0.475 e. The highest BCUT2D eigenvalue weighted by molar-refractivity contribution is 6.43. The van der Waals surface area contributed by atoms with Gasteiger partial charge >= 0.3 is 7.12 Å². The third kappa shape index (κ3) is 3.19. The highest BCUT2D eigenvalue weighted by atomic mass is 16.5. The first-order valence-corrected chi connectivity index (χ1v) is 8.48. The molecule has 4 rings (SSSR count). The maximum absolute atomic E-state index is 12.5. The fourth-order valence-electron chi connectivity index (χ4n) is 3.26. The second-order valence-corrected chi connectivity index (χ2v) is 6.41. The van der Waals surface area contributed by atoms with Crippen molar-refractivity contribution < 1.29 is 24.0 Å². The van der Waals surface area contributed by atoms with Crippen LogP contribution in [0.3, 0.4) is 0 Å². The van der Waals surface area contributed by atoms with Crippen molar-refractivity contribution in [2.75, 3.05) is 0 Å². The van der Waals surface area contributed by atoms with E-state index in [1.54, 1.807) is 6.26 Å². The van der Waals surface area contributed by atoms with Gasteiger partial charge in [0, 0.05) is 11.8 Å². The van der Waals surface area contributed by atoms with Crippen molar-refractivity contribution in [3.8, 4) is 5.75 Å². The number of fused-ring (bicyclic) bond motifs is 2. The minimum Gasteiger partial charge on any atom is -0.480 e. The van der Waals surface area contributed by atoms with Crippen molar-refractivity contribution in [3.63, 3.8) is 0 Å². The lowest BCUT2D eigenvalue weighted by atomic mass is 9.75. The van der Waals surface area contributed by atoms with Gasteiger partial charge in [-0.15, -0.1) is 0 Å². The van der Waals surface area contributed by atoms with E-state index < -0.39 is 19.2 Å². The Kier molecular flexibility index (Phi) is 4.40. The van der Waals surface area contributed by atoms with Crippen molar-refractivity contribution in [1.82, 2.24) is 5.32 Å². The summed E-state index contributed by atoms with van der Waals surface area (Å²) in [5, 5.41) is 23.0. The van der Waals surface area contributed by atoms with Gasteiger partial charge in [-0.05, 0) is 29.7 Å². The highest BCUT2D eigenvalue weighted by Crippen LogP contribution is 2.28. The SMILES string of the molecule is O=C(N[C@@H](Cc1coc2ccccc12)B(O)O)C1Cc2ccccc2O1. The van der Waals surface area contributed by atoms with Gasteiger partial charge in [0.25, 0.3) is 5.91 Å². The lowest BCUT2D eigenvalue weighted by molar-refractivity contribution is -0.127. The summed E-state index contributed by atoms with van der Waals surface area (Å²) in [5.74, 6) is -0.544. The first-order valence-electron chi connectivity index (χ1n) is 8.48. The standard InChI is InChI=1S/C19H18BNO5/c22-19(17-9-12-5-1-3-7-15(12)26-17)21-18(20(23)24)10-13-11-25-16-8-4-2-6-14(13)16/h1-8,11,17-18,23-24H,9-10H2,(H,21,22)/t17?,18-/m0/s1. The van der Waals surface area contributed by atoms with E-state index in [9.17, 15) is 14.8 Å². The van der Waals surface area contributed by atoms with Crippen LogP contribution in [0.25, 0.3) is 11.0 Å². The van der Waals surface area contributed by atoms with Crippen LogP contribution in [0.1, 0.15) is 11.1 Å². The van der Waals surface area contributed by atoms with Gasteiger partial charge in [-0.3, -0.25) is 4.79 Å². The van der Waals surface area contributed by atoms with Crippen LogP contribution >= 0.6 is 0 Å². The first-order chi connectivity index (χ1) is 12.6. The van der Waals surface area contributed by atoms with Crippen molar-refractivity contribution in [2.24, 2.45) is 0 Å². The number of amides is 1. The second-order valence-electron chi connectivity index (χ2n) is 6.41. The van der Waals surface area contributed by atoms with Crippen LogP contribution in [0, 0.1) is 0 Å². The van der Waals surface area contributed by atoms with Gasteiger partial charge in [-0.25, -0.2) is 0 Å². The van der Waals surface area contributed by atoms with Crippen LogP contribution in [-0.4, -0.2) is 35.1 Å². The summed E-state index contributed by atoms with van der Waals surface area (Å²) < 4.78 is 11.1. The number of carbonyl (C=O) groups excluding carboxylic acids is 1. The van der Waals surface area contributed by atoms with Crippen LogP contribution in [0.2, 0.25) is 0 Å². The van der Waals surface area contributed by atoms with E-state index in [0.29, 0.717) is 12.2 Å². The van der Waals surface area contributed by atoms with E-state index in [1.165, 1.54) is 0 Å². The molecule has 6 nitrogen and oxygen atoms in total. The van der Waals surface area contributed by atoms with Gasteiger partial charge in [-0.2, -0.15) is 0 Å². The lowest BCUT2D eigenvalue weighted by Gasteiger charge is -2.19. The molecule has 0 radical (unpaired) electrons. The fraction of sp³-hybridized carbons (Fsp3) is 0.211. The quantitative estimate of drug-likeness (QED) is 0.606. The van der Waals surface area contributed by atoms with Crippen molar-refractivity contribution in [2.45, 2.75) is 24.9 Å². The van der Waals surface area contributed by atoms with Crippen LogP contribution in [-0.2, 0) is 17.6 Å². The summed E-state index contributed by atoms with van der Waals surface area (Å²) in [6.45, 7) is 0. The molecule has 132 valence electrons. The third-order valence-electron chi connectivity index (χ3n) is 4.63. The molecule has 3 aromatic rings. The first kappa shape index (κ1) is 16.7. The van der Waals surface area contributed by atoms with Crippen LogP contribution in [0.5, 0.6) is 5.75 Å². The van der Waals surface area contributed by atoms with Crippen molar-refractivity contribution in [3.05, 3.63) is 65.9 Å². The van der Waals surface area contributed by atoms with Crippen LogP contribution in [0.15, 0.2) is 59.2 Å². The highest BCUT2D eigenvalue weighted by Gasteiger charge is 2.33. The average molecular weight is 351 g/mol. The number of furan rings is 1. The summed E-state index contributed by atoms with van der Waals surface area (Å²) in [6, 6.07) is 15.0. The zero-order valence-electron chi connectivity index (χ0n) is 14.0. The Morgan fingerprint density at radius 3 is 2.77 bits per heavy atom. The monoisotopic (exact) mass is 351 g/mol. The Morgan fingerprint density at radius 2 is 1.96 bits per heavy atom. The van der Waals surface area contributed by atoms with Gasteiger partial charge in [0.1, 0.15) is 11.3 Å². The molecule has 1 aliphatic rings. The number of para-hydroxylation sites is 2. The van der Waals surface area contributed by atoms with Crippen LogP contribution < -0.4 is 10.1 Å². The molecule has 1 amide bonds. The molecule has 7 heteroatoms. The molecule has 3 N–H and O–H groups in total. The van der Waals surface area contributed by atoms with Crippen molar-refractivity contribution >= 4 is 24.0 Å². The third-order valence-corrected chi connectivity index (χ3v) is 4.63. The number of hydrogen-bond donors (Lipinski definition) is 3. The molecule has 0 saturated heterocycles. The van der Waals surface area contributed by atoms with Gasteiger partial charge in [0.2, 0.25) is 0 Å². The molecular weight excluding hydrogens is 333 g/mol. The number of nitrogens with one attached hydrogen (secondary N) is 1. The number of benzene rings is 2. The molecule has 1 aliphatic heterocycles. The Morgan fingerprint density at radius 1 is 1.19 bits per heavy atom. The van der Waals surface area contributed by atoms with E-state index in [-0.39, 0.29) is 12.3 Å². The molecule has 0 aliphatic carbocycles. The minimum absolute atomic E-state index is 0.236. The number of hydrogen-bond acceptors (Lipinski definition) is 5. The van der Waals surface area contributed by atoms with Gasteiger partial charge < -0.3 is 24.5 Å². The second kappa shape index (κ2) is 6.86. The summed E-state index contributed by atoms with van der Waals surface area (Å²) >= 11 is 0. The zero-order chi connectivity index (χ0) is 18.1. The van der Waals surface area contributed by atoms with Gasteiger partial charge in [0.15, 0.2) is 6.10 Å². The molecule has 0 saturated carbocycles. The van der Waals surface area contributed by atoms with Crippen LogP contribution in [0.4, 0.5) is 0 Å². The van der Waals surface area contributed by atoms with E-state index in [0.717, 1.165) is 22.1 Å². The zero-order valence-corrected chi connectivity index (χ0v) is 14.0. The average Bonchev–Trinajstić information content (AvgIpc) is 3.25. The van der Waals surface area contributed by atoms with E-state index in [4.69, 9.17) is 9.15 Å². The van der Waals surface area contributed by atoms with Crippen molar-refractivity contribution in [1.29, 1.82) is 0 Å². The lowest BCUT2D eigenvalue weighted by Crippen LogP contribution is -2.51. The van der Waals surface area contributed by atoms with E-state index in [1.807, 2.05) is 48.5 Å². The van der Waals surface area contributed by atoms with E-state index >= 15 is 0 Å². The summed E-state index contributed by atoms with van der Waals surface area (Å²) in [4.78, 5) is 12.5. The fourth-order valence-corrected chi connectivity index (χ4v) is 3.26. The minimum atomic E-state index is -1.70. The maximum atomic E-state index is 12.5. The molecular formula is C19H18BNO5. The Hall–Kier alpha value is -2.77. The predicted octanol–water partition coefficient (Wildman–Crippen LogP) is 1.48. The Labute approximate surface area is 150 Å². The number of rotatable bonds is 5. The normalized spacial score (nSPS) is 16.8. The molecule has 1 aromatic heterocycles. The summed E-state index contributed by atoms with van der Waals surface area (Å²) in [7, 11) is -1.70. The molecule has 0 spiro atoms. The van der Waals surface area contributed by atoms with E-state index in [2.05, 4.69) is 5.32 Å². The largest absolute Gasteiger partial charge is 0.480 e. The molecule has 0 fully saturated rings. The molecule has 0 bridgehead atoms. The molecule has 1 unspecified atom stereocenters. The Balaban J connectivity index is 1.47. The summed E-state index contributed by atoms with van der Waals surface area (Å²) in [5.41, 5.74) is 2.48. The van der Waals surface area contributed by atoms with Gasteiger partial charge in [-0.1, -0.05) is 36.4 Å². The molecule has 2 atom stereocenters. The Bertz CT molecular complexity index is 913. The molecule has 2 heterocycles. The smallest absolute Gasteiger partial charge is 0.475 e. The number of carbonyl (C=O) groups is 1. The predicted molar refractivity (Wildman–Crippen MR) is 96.6 cm³/mol. The summed E-state index contributed by atoms with van der Waals surface area (Å²) in [6.07, 6.45) is 1.61.